The Kier molecular flexibility index (Phi) is 6.99. The molecule has 4 rings (SSSR count). The SMILES string of the molecule is O=C(O)N[C@@H](CCN1CCC2(CC1)NC(=O)N(Cc1ccc(Br)cc1)C2=O)c1ccccc1. The molecule has 0 aliphatic carbocycles. The van der Waals surface area contributed by atoms with E-state index in [-0.39, 0.29) is 24.5 Å². The number of rotatable bonds is 7. The van der Waals surface area contributed by atoms with Gasteiger partial charge in [0, 0.05) is 24.1 Å². The van der Waals surface area contributed by atoms with Crippen molar-refractivity contribution in [1.29, 1.82) is 0 Å². The second-order valence-electron chi connectivity index (χ2n) is 8.57. The number of likely N-dealkylation sites (tertiary alicyclic amines) is 1. The first-order chi connectivity index (χ1) is 15.9. The lowest BCUT2D eigenvalue weighted by atomic mass is 9.87. The van der Waals surface area contributed by atoms with Crippen LogP contribution in [0.2, 0.25) is 0 Å². The number of carbonyl (C=O) groups excluding carboxylic acids is 2. The molecule has 9 heteroatoms. The van der Waals surface area contributed by atoms with Crippen LogP contribution in [0, 0.1) is 0 Å². The Hall–Kier alpha value is -2.91. The van der Waals surface area contributed by atoms with Crippen LogP contribution in [0.1, 0.15) is 36.4 Å². The molecule has 0 aromatic heterocycles. The summed E-state index contributed by atoms with van der Waals surface area (Å²) in [6.45, 7) is 2.27. The van der Waals surface area contributed by atoms with E-state index in [0.29, 0.717) is 38.9 Å². The highest BCUT2D eigenvalue weighted by atomic mass is 79.9. The average Bonchev–Trinajstić information content (AvgIpc) is 3.03. The van der Waals surface area contributed by atoms with Crippen molar-refractivity contribution in [2.45, 2.75) is 37.4 Å². The number of hydrogen-bond donors (Lipinski definition) is 3. The van der Waals surface area contributed by atoms with Crippen molar-refractivity contribution in [3.05, 3.63) is 70.2 Å². The average molecular weight is 515 g/mol. The van der Waals surface area contributed by atoms with Crippen molar-refractivity contribution in [3.63, 3.8) is 0 Å². The van der Waals surface area contributed by atoms with Gasteiger partial charge in [0.15, 0.2) is 0 Å². The second kappa shape index (κ2) is 9.93. The summed E-state index contributed by atoms with van der Waals surface area (Å²) in [6.07, 6.45) is 0.652. The number of hydrogen-bond acceptors (Lipinski definition) is 4. The maximum Gasteiger partial charge on any atom is 0.405 e. The quantitative estimate of drug-likeness (QED) is 0.488. The first kappa shape index (κ1) is 23.3. The monoisotopic (exact) mass is 514 g/mol. The number of amides is 4. The van der Waals surface area contributed by atoms with E-state index in [2.05, 4.69) is 31.5 Å². The molecule has 2 heterocycles. The molecule has 1 spiro atoms. The molecule has 3 N–H and O–H groups in total. The van der Waals surface area contributed by atoms with Crippen molar-refractivity contribution in [2.75, 3.05) is 19.6 Å². The van der Waals surface area contributed by atoms with E-state index >= 15 is 0 Å². The van der Waals surface area contributed by atoms with E-state index in [4.69, 9.17) is 0 Å². The van der Waals surface area contributed by atoms with Gasteiger partial charge in [-0.05, 0) is 42.5 Å². The van der Waals surface area contributed by atoms with Gasteiger partial charge in [-0.3, -0.25) is 9.69 Å². The van der Waals surface area contributed by atoms with Gasteiger partial charge in [0.25, 0.3) is 5.91 Å². The third-order valence-corrected chi connectivity index (χ3v) is 6.97. The van der Waals surface area contributed by atoms with Crippen LogP contribution in [0.4, 0.5) is 9.59 Å². The van der Waals surface area contributed by atoms with E-state index in [1.54, 1.807) is 0 Å². The maximum absolute atomic E-state index is 13.2. The molecule has 0 unspecified atom stereocenters. The molecule has 0 radical (unpaired) electrons. The lowest BCUT2D eigenvalue weighted by Gasteiger charge is -2.37. The minimum Gasteiger partial charge on any atom is -0.465 e. The van der Waals surface area contributed by atoms with E-state index in [1.807, 2.05) is 54.6 Å². The number of urea groups is 1. The topological polar surface area (TPSA) is 102 Å². The lowest BCUT2D eigenvalue weighted by molar-refractivity contribution is -0.133. The summed E-state index contributed by atoms with van der Waals surface area (Å²) >= 11 is 3.39. The fourth-order valence-electron chi connectivity index (χ4n) is 4.56. The second-order valence-corrected chi connectivity index (χ2v) is 9.49. The Balaban J connectivity index is 1.34. The molecule has 0 bridgehead atoms. The standard InChI is InChI=1S/C24H27BrN4O4/c25-19-8-6-17(7-9-19)16-29-21(30)24(27-22(29)31)11-14-28(15-12-24)13-10-20(26-23(32)33)18-4-2-1-3-5-18/h1-9,20,26H,10-16H2,(H,27,31)(H,32,33)/t20-/m0/s1. The summed E-state index contributed by atoms with van der Waals surface area (Å²) in [5, 5.41) is 14.8. The Bertz CT molecular complexity index is 1010. The summed E-state index contributed by atoms with van der Waals surface area (Å²) < 4.78 is 0.945. The van der Waals surface area contributed by atoms with Crippen LogP contribution in [-0.2, 0) is 11.3 Å². The van der Waals surface area contributed by atoms with Crippen LogP contribution in [-0.4, -0.2) is 58.1 Å². The molecule has 2 saturated heterocycles. The number of carbonyl (C=O) groups is 3. The summed E-state index contributed by atoms with van der Waals surface area (Å²) in [4.78, 5) is 40.5. The normalized spacial score (nSPS) is 18.9. The van der Waals surface area contributed by atoms with E-state index < -0.39 is 11.6 Å². The Morgan fingerprint density at radius 2 is 1.76 bits per heavy atom. The Labute approximate surface area is 201 Å². The number of piperidine rings is 1. The smallest absolute Gasteiger partial charge is 0.405 e. The molecule has 0 saturated carbocycles. The summed E-state index contributed by atoms with van der Waals surface area (Å²) in [5.41, 5.74) is 0.977. The number of halogens is 1. The van der Waals surface area contributed by atoms with Crippen molar-refractivity contribution in [1.82, 2.24) is 20.4 Å². The summed E-state index contributed by atoms with van der Waals surface area (Å²) in [7, 11) is 0. The van der Waals surface area contributed by atoms with Gasteiger partial charge < -0.3 is 20.6 Å². The van der Waals surface area contributed by atoms with E-state index in [0.717, 1.165) is 15.6 Å². The highest BCUT2D eigenvalue weighted by molar-refractivity contribution is 9.10. The van der Waals surface area contributed by atoms with Gasteiger partial charge in [-0.2, -0.15) is 0 Å². The predicted molar refractivity (Wildman–Crippen MR) is 127 cm³/mol. The molecule has 33 heavy (non-hydrogen) atoms. The van der Waals surface area contributed by atoms with Crippen LogP contribution in [0.5, 0.6) is 0 Å². The van der Waals surface area contributed by atoms with Gasteiger partial charge in [-0.1, -0.05) is 58.4 Å². The maximum atomic E-state index is 13.2. The van der Waals surface area contributed by atoms with Crippen LogP contribution >= 0.6 is 15.9 Å². The zero-order valence-corrected chi connectivity index (χ0v) is 19.8. The highest BCUT2D eigenvalue weighted by Gasteiger charge is 2.52. The molecule has 1 atom stereocenters. The van der Waals surface area contributed by atoms with Crippen molar-refractivity contribution in [3.8, 4) is 0 Å². The summed E-state index contributed by atoms with van der Waals surface area (Å²) in [6, 6.07) is 16.5. The van der Waals surface area contributed by atoms with Gasteiger partial charge in [-0.15, -0.1) is 0 Å². The molecule has 174 valence electrons. The van der Waals surface area contributed by atoms with Gasteiger partial charge in [0.2, 0.25) is 0 Å². The zero-order chi connectivity index (χ0) is 23.4. The van der Waals surface area contributed by atoms with E-state index in [9.17, 15) is 19.5 Å². The highest BCUT2D eigenvalue weighted by Crippen LogP contribution is 2.31. The molecule has 2 aliphatic heterocycles. The predicted octanol–water partition coefficient (Wildman–Crippen LogP) is 3.73. The molecule has 2 aromatic carbocycles. The van der Waals surface area contributed by atoms with Crippen LogP contribution in [0.25, 0.3) is 0 Å². The molecule has 8 nitrogen and oxygen atoms in total. The number of nitrogens with one attached hydrogen (secondary N) is 2. The number of nitrogens with zero attached hydrogens (tertiary/aromatic N) is 2. The van der Waals surface area contributed by atoms with Gasteiger partial charge in [-0.25, -0.2) is 9.59 Å². The molecule has 4 amide bonds. The molecule has 2 fully saturated rings. The fraction of sp³-hybridized carbons (Fsp3) is 0.375. The fourth-order valence-corrected chi connectivity index (χ4v) is 4.82. The lowest BCUT2D eigenvalue weighted by Crippen LogP contribution is -2.55. The van der Waals surface area contributed by atoms with Crippen LogP contribution in [0.15, 0.2) is 59.1 Å². The first-order valence-electron chi connectivity index (χ1n) is 11.0. The van der Waals surface area contributed by atoms with Crippen molar-refractivity contribution < 1.29 is 19.5 Å². The number of imide groups is 1. The minimum atomic E-state index is -1.05. The number of carboxylic acid groups (broad SMARTS) is 1. The molecular weight excluding hydrogens is 488 g/mol. The largest absolute Gasteiger partial charge is 0.465 e. The first-order valence-corrected chi connectivity index (χ1v) is 11.8. The van der Waals surface area contributed by atoms with E-state index in [1.165, 1.54) is 4.90 Å². The molecular formula is C24H27BrN4O4. The molecule has 2 aliphatic rings. The summed E-state index contributed by atoms with van der Waals surface area (Å²) in [5.74, 6) is -0.162. The van der Waals surface area contributed by atoms with Crippen LogP contribution in [0.3, 0.4) is 0 Å². The molecule has 2 aromatic rings. The number of benzene rings is 2. The van der Waals surface area contributed by atoms with Crippen molar-refractivity contribution in [2.24, 2.45) is 0 Å². The zero-order valence-electron chi connectivity index (χ0n) is 18.2. The van der Waals surface area contributed by atoms with Gasteiger partial charge in [0.1, 0.15) is 5.54 Å². The Morgan fingerprint density at radius 1 is 1.09 bits per heavy atom. The third kappa shape index (κ3) is 5.36. The van der Waals surface area contributed by atoms with Crippen LogP contribution < -0.4 is 10.6 Å². The minimum absolute atomic E-state index is 0.162. The van der Waals surface area contributed by atoms with Gasteiger partial charge >= 0.3 is 12.1 Å². The third-order valence-electron chi connectivity index (χ3n) is 6.44. The van der Waals surface area contributed by atoms with Crippen molar-refractivity contribution >= 4 is 34.0 Å². The van der Waals surface area contributed by atoms with Gasteiger partial charge in [0.05, 0.1) is 12.6 Å². The Morgan fingerprint density at radius 3 is 2.39 bits per heavy atom.